The van der Waals surface area contributed by atoms with E-state index < -0.39 is 0 Å². The summed E-state index contributed by atoms with van der Waals surface area (Å²) in [5, 5.41) is 3.17. The van der Waals surface area contributed by atoms with Gasteiger partial charge in [-0.3, -0.25) is 9.69 Å². The summed E-state index contributed by atoms with van der Waals surface area (Å²) in [6.07, 6.45) is 2.02. The van der Waals surface area contributed by atoms with E-state index in [1.165, 1.54) is 11.1 Å². The second kappa shape index (κ2) is 7.42. The maximum atomic E-state index is 12.3. The van der Waals surface area contributed by atoms with Crippen LogP contribution in [0.5, 0.6) is 0 Å². The van der Waals surface area contributed by atoms with Crippen LogP contribution < -0.4 is 5.32 Å². The first-order valence-corrected chi connectivity index (χ1v) is 8.40. The van der Waals surface area contributed by atoms with E-state index in [1.54, 1.807) is 0 Å². The Hall–Kier alpha value is -2.13. The Kier molecular flexibility index (Phi) is 5.09. The molecule has 2 aromatic rings. The lowest BCUT2D eigenvalue weighted by Gasteiger charge is -2.17. The molecule has 1 aliphatic heterocycles. The Morgan fingerprint density at radius 1 is 1.09 bits per heavy atom. The minimum absolute atomic E-state index is 0.0409. The van der Waals surface area contributed by atoms with E-state index in [4.69, 9.17) is 0 Å². The number of nitrogens with one attached hydrogen (secondary N) is 1. The smallest absolute Gasteiger partial charge is 0.251 e. The van der Waals surface area contributed by atoms with Crippen molar-refractivity contribution in [3.05, 3.63) is 71.3 Å². The molecule has 0 aliphatic carbocycles. The summed E-state index contributed by atoms with van der Waals surface area (Å²) in [5.74, 6) is 0.0409. The molecule has 1 atom stereocenters. The fraction of sp³-hybridized carbons (Fsp3) is 0.350. The highest BCUT2D eigenvalue weighted by Gasteiger charge is 2.24. The first-order chi connectivity index (χ1) is 11.2. The third-order valence-electron chi connectivity index (χ3n) is 4.48. The molecule has 2 aromatic carbocycles. The highest BCUT2D eigenvalue weighted by atomic mass is 16.1. The number of carbonyl (C=O) groups is 1. The number of hydrogen-bond donors (Lipinski definition) is 1. The van der Waals surface area contributed by atoms with Crippen LogP contribution in [-0.2, 0) is 13.0 Å². The highest BCUT2D eigenvalue weighted by molar-refractivity contribution is 5.94. The van der Waals surface area contributed by atoms with Crippen molar-refractivity contribution in [3.8, 4) is 0 Å². The van der Waals surface area contributed by atoms with Crippen molar-refractivity contribution in [1.29, 1.82) is 0 Å². The van der Waals surface area contributed by atoms with Gasteiger partial charge in [0.1, 0.15) is 0 Å². The second-order valence-electron chi connectivity index (χ2n) is 6.23. The minimum atomic E-state index is 0.0409. The maximum Gasteiger partial charge on any atom is 0.251 e. The summed E-state index contributed by atoms with van der Waals surface area (Å²) in [5.41, 5.74) is 3.34. The summed E-state index contributed by atoms with van der Waals surface area (Å²) >= 11 is 0. The van der Waals surface area contributed by atoms with E-state index in [9.17, 15) is 4.79 Å². The predicted octanol–water partition coefficient (Wildman–Crippen LogP) is 3.25. The average molecular weight is 308 g/mol. The lowest BCUT2D eigenvalue weighted by Crippen LogP contribution is -2.36. The van der Waals surface area contributed by atoms with Gasteiger partial charge >= 0.3 is 0 Å². The van der Waals surface area contributed by atoms with Crippen LogP contribution in [0.4, 0.5) is 0 Å². The number of hydrogen-bond acceptors (Lipinski definition) is 2. The van der Waals surface area contributed by atoms with E-state index in [2.05, 4.69) is 41.4 Å². The monoisotopic (exact) mass is 308 g/mol. The lowest BCUT2D eigenvalue weighted by atomic mass is 10.1. The molecule has 1 unspecified atom stereocenters. The average Bonchev–Trinajstić information content (AvgIpc) is 3.02. The third-order valence-corrected chi connectivity index (χ3v) is 4.48. The number of benzene rings is 2. The molecule has 0 spiro atoms. The van der Waals surface area contributed by atoms with Gasteiger partial charge in [-0.2, -0.15) is 0 Å². The molecule has 23 heavy (non-hydrogen) atoms. The zero-order valence-corrected chi connectivity index (χ0v) is 13.7. The SMILES string of the molecule is CCc1ccc(C(=O)NC2CCN(Cc3ccccc3)C2)cc1. The van der Waals surface area contributed by atoms with Crippen LogP contribution in [0.1, 0.15) is 34.8 Å². The molecule has 1 aliphatic rings. The van der Waals surface area contributed by atoms with Gasteiger partial charge in [0, 0.05) is 31.2 Å². The third kappa shape index (κ3) is 4.20. The molecule has 1 saturated heterocycles. The largest absolute Gasteiger partial charge is 0.348 e. The Balaban J connectivity index is 1.52. The lowest BCUT2D eigenvalue weighted by molar-refractivity contribution is 0.0937. The van der Waals surface area contributed by atoms with Crippen molar-refractivity contribution in [2.45, 2.75) is 32.4 Å². The molecule has 1 N–H and O–H groups in total. The topological polar surface area (TPSA) is 32.3 Å². The molecule has 0 bridgehead atoms. The predicted molar refractivity (Wildman–Crippen MR) is 93.4 cm³/mol. The van der Waals surface area contributed by atoms with Crippen LogP contribution in [0, 0.1) is 0 Å². The summed E-state index contributed by atoms with van der Waals surface area (Å²) in [7, 11) is 0. The van der Waals surface area contributed by atoms with Gasteiger partial charge in [-0.15, -0.1) is 0 Å². The van der Waals surface area contributed by atoms with E-state index in [0.717, 1.165) is 38.0 Å². The Bertz CT molecular complexity index is 636. The standard InChI is InChI=1S/C20H24N2O/c1-2-16-8-10-18(11-9-16)20(23)21-19-12-13-22(15-19)14-17-6-4-3-5-7-17/h3-11,19H,2,12-15H2,1H3,(H,21,23). The fourth-order valence-electron chi connectivity index (χ4n) is 3.10. The van der Waals surface area contributed by atoms with Gasteiger partial charge in [-0.25, -0.2) is 0 Å². The van der Waals surface area contributed by atoms with Crippen LogP contribution in [0.25, 0.3) is 0 Å². The zero-order chi connectivity index (χ0) is 16.1. The van der Waals surface area contributed by atoms with E-state index in [1.807, 2.05) is 30.3 Å². The van der Waals surface area contributed by atoms with Gasteiger partial charge in [0.2, 0.25) is 0 Å². The number of amides is 1. The number of nitrogens with zero attached hydrogens (tertiary/aromatic N) is 1. The number of carbonyl (C=O) groups excluding carboxylic acids is 1. The van der Waals surface area contributed by atoms with Gasteiger partial charge in [0.05, 0.1) is 0 Å². The van der Waals surface area contributed by atoms with Crippen LogP contribution in [0.15, 0.2) is 54.6 Å². The molecule has 0 aromatic heterocycles. The normalized spacial score (nSPS) is 18.0. The quantitative estimate of drug-likeness (QED) is 0.919. The molecule has 3 nitrogen and oxygen atoms in total. The van der Waals surface area contributed by atoms with Crippen molar-refractivity contribution in [2.24, 2.45) is 0 Å². The maximum absolute atomic E-state index is 12.3. The van der Waals surface area contributed by atoms with Gasteiger partial charge in [0.15, 0.2) is 0 Å². The molecule has 3 rings (SSSR count). The van der Waals surface area contributed by atoms with Crippen molar-refractivity contribution in [3.63, 3.8) is 0 Å². The fourth-order valence-corrected chi connectivity index (χ4v) is 3.10. The highest BCUT2D eigenvalue weighted by Crippen LogP contribution is 2.14. The molecule has 1 heterocycles. The molecular formula is C20H24N2O. The van der Waals surface area contributed by atoms with E-state index in [-0.39, 0.29) is 11.9 Å². The minimum Gasteiger partial charge on any atom is -0.348 e. The first-order valence-electron chi connectivity index (χ1n) is 8.40. The molecule has 3 heteroatoms. The summed E-state index contributed by atoms with van der Waals surface area (Å²) in [6, 6.07) is 18.7. The van der Waals surface area contributed by atoms with E-state index >= 15 is 0 Å². The second-order valence-corrected chi connectivity index (χ2v) is 6.23. The van der Waals surface area contributed by atoms with Crippen LogP contribution in [0.2, 0.25) is 0 Å². The zero-order valence-electron chi connectivity index (χ0n) is 13.7. The molecule has 120 valence electrons. The number of rotatable bonds is 5. The van der Waals surface area contributed by atoms with Crippen molar-refractivity contribution in [2.75, 3.05) is 13.1 Å². The van der Waals surface area contributed by atoms with Crippen LogP contribution in [-0.4, -0.2) is 29.9 Å². The van der Waals surface area contributed by atoms with Crippen molar-refractivity contribution < 1.29 is 4.79 Å². The van der Waals surface area contributed by atoms with Gasteiger partial charge < -0.3 is 5.32 Å². The van der Waals surface area contributed by atoms with Gasteiger partial charge in [-0.05, 0) is 36.1 Å². The summed E-state index contributed by atoms with van der Waals surface area (Å²) in [6.45, 7) is 5.04. The Morgan fingerprint density at radius 2 is 1.83 bits per heavy atom. The Labute approximate surface area is 138 Å². The van der Waals surface area contributed by atoms with E-state index in [0.29, 0.717) is 0 Å². The molecule has 1 fully saturated rings. The van der Waals surface area contributed by atoms with Crippen LogP contribution >= 0.6 is 0 Å². The van der Waals surface area contributed by atoms with Crippen molar-refractivity contribution in [1.82, 2.24) is 10.2 Å². The molecule has 1 amide bonds. The molecule has 0 saturated carbocycles. The van der Waals surface area contributed by atoms with Gasteiger partial charge in [-0.1, -0.05) is 49.4 Å². The number of likely N-dealkylation sites (tertiary alicyclic amines) is 1. The first kappa shape index (κ1) is 15.8. The molecule has 0 radical (unpaired) electrons. The van der Waals surface area contributed by atoms with Crippen molar-refractivity contribution >= 4 is 5.91 Å². The summed E-state index contributed by atoms with van der Waals surface area (Å²) in [4.78, 5) is 14.7. The summed E-state index contributed by atoms with van der Waals surface area (Å²) < 4.78 is 0. The van der Waals surface area contributed by atoms with Gasteiger partial charge in [0.25, 0.3) is 5.91 Å². The number of aryl methyl sites for hydroxylation is 1. The Morgan fingerprint density at radius 3 is 2.52 bits per heavy atom. The van der Waals surface area contributed by atoms with Crippen LogP contribution in [0.3, 0.4) is 0 Å². The molecular weight excluding hydrogens is 284 g/mol.